The van der Waals surface area contributed by atoms with E-state index in [0.717, 1.165) is 24.8 Å². The Balaban J connectivity index is 1.83. The summed E-state index contributed by atoms with van der Waals surface area (Å²) in [5, 5.41) is 2.87. The Morgan fingerprint density at radius 1 is 0.800 bits per heavy atom. The molecule has 45 heavy (non-hydrogen) atoms. The molecule has 1 unspecified atom stereocenters. The van der Waals surface area contributed by atoms with Crippen LogP contribution in [0.15, 0.2) is 42.5 Å². The standard InChI is InChI=1S/C36H55ClN2O5S/c1-6-7-8-9-10-11-12-13-14-15-16-17-18-19-26-45(42,43)39-29-22-25-31(37)32(27-29)38-35(41)33(34(40)36(3,4)5)44-30-23-20-28(2)21-24-30/h20-25,27,33,39H,6-19,26H2,1-5H3,(H,38,41). The zero-order valence-electron chi connectivity index (χ0n) is 28.1. The highest BCUT2D eigenvalue weighted by molar-refractivity contribution is 7.92. The summed E-state index contributed by atoms with van der Waals surface area (Å²) >= 11 is 6.35. The van der Waals surface area contributed by atoms with Gasteiger partial charge in [0, 0.05) is 5.41 Å². The summed E-state index contributed by atoms with van der Waals surface area (Å²) in [6, 6.07) is 11.6. The number of ether oxygens (including phenoxy) is 1. The number of rotatable bonds is 22. The number of hydrogen-bond acceptors (Lipinski definition) is 5. The second-order valence-electron chi connectivity index (χ2n) is 13.1. The zero-order chi connectivity index (χ0) is 33.3. The molecule has 1 amide bonds. The maximum atomic E-state index is 13.3. The Labute approximate surface area is 277 Å². The molecule has 0 heterocycles. The summed E-state index contributed by atoms with van der Waals surface area (Å²) in [5.41, 5.74) is 0.623. The fourth-order valence-corrected chi connectivity index (χ4v) is 6.31. The lowest BCUT2D eigenvalue weighted by molar-refractivity contribution is -0.140. The van der Waals surface area contributed by atoms with E-state index in [1.165, 1.54) is 76.3 Å². The maximum absolute atomic E-state index is 13.3. The second kappa shape index (κ2) is 19.8. The molecule has 0 aromatic heterocycles. The van der Waals surface area contributed by atoms with E-state index < -0.39 is 33.2 Å². The Bertz CT molecular complexity index is 1290. The number of carbonyl (C=O) groups excluding carboxylic acids is 2. The first-order valence-electron chi connectivity index (χ1n) is 16.7. The summed E-state index contributed by atoms with van der Waals surface area (Å²) in [4.78, 5) is 26.5. The number of aryl methyl sites for hydroxylation is 1. The van der Waals surface area contributed by atoms with E-state index in [2.05, 4.69) is 17.0 Å². The Hall–Kier alpha value is -2.58. The van der Waals surface area contributed by atoms with Crippen molar-refractivity contribution in [2.45, 2.75) is 131 Å². The van der Waals surface area contributed by atoms with Crippen molar-refractivity contribution in [2.75, 3.05) is 15.8 Å². The van der Waals surface area contributed by atoms with Gasteiger partial charge in [0.05, 0.1) is 22.2 Å². The van der Waals surface area contributed by atoms with Gasteiger partial charge in [-0.05, 0) is 43.7 Å². The highest BCUT2D eigenvalue weighted by atomic mass is 35.5. The van der Waals surface area contributed by atoms with Gasteiger partial charge in [0.25, 0.3) is 5.91 Å². The van der Waals surface area contributed by atoms with Gasteiger partial charge < -0.3 is 10.1 Å². The zero-order valence-corrected chi connectivity index (χ0v) is 29.6. The number of hydrogen-bond donors (Lipinski definition) is 2. The summed E-state index contributed by atoms with van der Waals surface area (Å²) in [6.45, 7) is 9.33. The molecule has 0 radical (unpaired) electrons. The lowest BCUT2D eigenvalue weighted by atomic mass is 9.87. The molecule has 2 aromatic rings. The van der Waals surface area contributed by atoms with Crippen molar-refractivity contribution in [1.82, 2.24) is 0 Å². The van der Waals surface area contributed by atoms with Crippen LogP contribution in [-0.4, -0.2) is 32.0 Å². The largest absolute Gasteiger partial charge is 0.473 e. The molecule has 0 aliphatic heterocycles. The van der Waals surface area contributed by atoms with Gasteiger partial charge in [-0.2, -0.15) is 0 Å². The van der Waals surface area contributed by atoms with Crippen molar-refractivity contribution in [3.05, 3.63) is 53.1 Å². The van der Waals surface area contributed by atoms with E-state index in [0.29, 0.717) is 12.2 Å². The highest BCUT2D eigenvalue weighted by Gasteiger charge is 2.37. The summed E-state index contributed by atoms with van der Waals surface area (Å²) in [7, 11) is -3.59. The number of unbranched alkanes of at least 4 members (excludes halogenated alkanes) is 13. The Morgan fingerprint density at radius 3 is 1.82 bits per heavy atom. The molecule has 252 valence electrons. The molecule has 0 saturated carbocycles. The first kappa shape index (κ1) is 38.6. The minimum Gasteiger partial charge on any atom is -0.473 e. The number of halogens is 1. The van der Waals surface area contributed by atoms with Crippen molar-refractivity contribution in [3.63, 3.8) is 0 Å². The molecule has 0 bridgehead atoms. The molecular weight excluding hydrogens is 608 g/mol. The third-order valence-electron chi connectivity index (χ3n) is 7.75. The van der Waals surface area contributed by atoms with Crippen molar-refractivity contribution in [2.24, 2.45) is 5.41 Å². The van der Waals surface area contributed by atoms with Crippen LogP contribution in [0.4, 0.5) is 11.4 Å². The molecule has 9 heteroatoms. The monoisotopic (exact) mass is 662 g/mol. The normalized spacial score (nSPS) is 12.5. The lowest BCUT2D eigenvalue weighted by Crippen LogP contribution is -2.45. The summed E-state index contributed by atoms with van der Waals surface area (Å²) < 4.78 is 34.0. The number of sulfonamides is 1. The van der Waals surface area contributed by atoms with Gasteiger partial charge in [-0.1, -0.05) is 140 Å². The van der Waals surface area contributed by atoms with Crippen LogP contribution in [0.3, 0.4) is 0 Å². The number of benzene rings is 2. The smallest absolute Gasteiger partial charge is 0.273 e. The molecule has 1 atom stereocenters. The number of nitrogens with one attached hydrogen (secondary N) is 2. The van der Waals surface area contributed by atoms with E-state index in [1.807, 2.05) is 19.1 Å². The third-order valence-corrected chi connectivity index (χ3v) is 9.46. The van der Waals surface area contributed by atoms with Crippen LogP contribution in [-0.2, 0) is 19.6 Å². The van der Waals surface area contributed by atoms with Crippen LogP contribution in [0.25, 0.3) is 0 Å². The SMILES string of the molecule is CCCCCCCCCCCCCCCCS(=O)(=O)Nc1ccc(Cl)c(NC(=O)C(Oc2ccc(C)cc2)C(=O)C(C)(C)C)c1. The average molecular weight is 663 g/mol. The summed E-state index contributed by atoms with van der Waals surface area (Å²) in [6.07, 6.45) is 15.4. The predicted molar refractivity (Wildman–Crippen MR) is 188 cm³/mol. The molecule has 0 spiro atoms. The van der Waals surface area contributed by atoms with Crippen LogP contribution in [0.1, 0.15) is 123 Å². The number of carbonyl (C=O) groups is 2. The van der Waals surface area contributed by atoms with Crippen LogP contribution < -0.4 is 14.8 Å². The third kappa shape index (κ3) is 15.5. The number of Topliss-reactive ketones (excluding diaryl/α,β-unsaturated/α-hetero) is 1. The van der Waals surface area contributed by atoms with Gasteiger partial charge >= 0.3 is 0 Å². The predicted octanol–water partition coefficient (Wildman–Crippen LogP) is 9.87. The molecule has 0 aliphatic carbocycles. The summed E-state index contributed by atoms with van der Waals surface area (Å²) in [5.74, 6) is -0.696. The fourth-order valence-electron chi connectivity index (χ4n) is 4.97. The van der Waals surface area contributed by atoms with Crippen molar-refractivity contribution in [3.8, 4) is 5.75 Å². The number of anilines is 2. The van der Waals surface area contributed by atoms with Crippen LogP contribution in [0, 0.1) is 12.3 Å². The Kier molecular flexibility index (Phi) is 17.0. The fraction of sp³-hybridized carbons (Fsp3) is 0.611. The highest BCUT2D eigenvalue weighted by Crippen LogP contribution is 2.28. The molecular formula is C36H55ClN2O5S. The van der Waals surface area contributed by atoms with Crippen LogP contribution in [0.5, 0.6) is 5.75 Å². The molecule has 2 aromatic carbocycles. The van der Waals surface area contributed by atoms with E-state index in [9.17, 15) is 18.0 Å². The van der Waals surface area contributed by atoms with E-state index in [-0.39, 0.29) is 22.2 Å². The van der Waals surface area contributed by atoms with Crippen molar-refractivity contribution < 1.29 is 22.7 Å². The van der Waals surface area contributed by atoms with Gasteiger partial charge in [-0.25, -0.2) is 8.42 Å². The maximum Gasteiger partial charge on any atom is 0.273 e. The van der Waals surface area contributed by atoms with E-state index >= 15 is 0 Å². The molecule has 0 fully saturated rings. The molecule has 7 nitrogen and oxygen atoms in total. The van der Waals surface area contributed by atoms with Crippen molar-refractivity contribution >= 4 is 44.7 Å². The topological polar surface area (TPSA) is 102 Å². The van der Waals surface area contributed by atoms with Gasteiger partial charge in [-0.3, -0.25) is 14.3 Å². The van der Waals surface area contributed by atoms with E-state index in [4.69, 9.17) is 16.3 Å². The van der Waals surface area contributed by atoms with Crippen LogP contribution >= 0.6 is 11.6 Å². The van der Waals surface area contributed by atoms with Gasteiger partial charge in [0.1, 0.15) is 5.75 Å². The van der Waals surface area contributed by atoms with E-state index in [1.54, 1.807) is 39.0 Å². The molecule has 0 saturated heterocycles. The lowest BCUT2D eigenvalue weighted by Gasteiger charge is -2.25. The van der Waals surface area contributed by atoms with Crippen LogP contribution in [0.2, 0.25) is 5.02 Å². The molecule has 2 N–H and O–H groups in total. The average Bonchev–Trinajstić information content (AvgIpc) is 2.97. The first-order chi connectivity index (χ1) is 21.3. The number of ketones is 1. The second-order valence-corrected chi connectivity index (χ2v) is 15.4. The molecule has 0 aliphatic rings. The van der Waals surface area contributed by atoms with Gasteiger partial charge in [0.2, 0.25) is 16.1 Å². The minimum absolute atomic E-state index is 0.0158. The minimum atomic E-state index is -3.59. The van der Waals surface area contributed by atoms with Crippen molar-refractivity contribution in [1.29, 1.82) is 0 Å². The first-order valence-corrected chi connectivity index (χ1v) is 18.7. The number of amides is 1. The molecule has 2 rings (SSSR count). The quantitative estimate of drug-likeness (QED) is 0.0965. The van der Waals surface area contributed by atoms with Gasteiger partial charge in [-0.15, -0.1) is 0 Å². The van der Waals surface area contributed by atoms with Gasteiger partial charge in [0.15, 0.2) is 5.78 Å². The Morgan fingerprint density at radius 2 is 1.31 bits per heavy atom.